The summed E-state index contributed by atoms with van der Waals surface area (Å²) >= 11 is 0. The molecule has 5 heterocycles. The third-order valence-corrected chi connectivity index (χ3v) is 49.4. The Morgan fingerprint density at radius 3 is 1.66 bits per heavy atom. The molecule has 0 amide bonds. The van der Waals surface area contributed by atoms with Gasteiger partial charge in [0.15, 0.2) is 65.0 Å². The van der Waals surface area contributed by atoms with E-state index in [0.29, 0.717) is 25.3 Å². The van der Waals surface area contributed by atoms with Gasteiger partial charge in [-0.15, -0.1) is 0 Å². The maximum Gasteiger partial charge on any atom is 0.659 e. The fourth-order valence-corrected chi connectivity index (χ4v) is 55.8. The third-order valence-electron chi connectivity index (χ3n) is 8.11. The lowest BCUT2D eigenvalue weighted by Gasteiger charge is -2.55. The van der Waals surface area contributed by atoms with Crippen molar-refractivity contribution in [1.82, 2.24) is 4.98 Å². The van der Waals surface area contributed by atoms with E-state index >= 15 is 0 Å². The highest BCUT2D eigenvalue weighted by Gasteiger charge is 2.86. The Bertz CT molecular complexity index is 1750. The molecule has 1 aromatic heterocycles. The zero-order valence-corrected chi connectivity index (χ0v) is 56.3. The number of ether oxygens (including phenoxy) is 1. The number of nitrogens with zero attached hydrogens (tertiary/aromatic N) is 1. The molecule has 7 unspecified atom stereocenters. The number of fused-ring (bicyclic) bond motifs is 4. The molecule has 0 spiro atoms. The zero-order chi connectivity index (χ0) is 50.4. The van der Waals surface area contributed by atoms with E-state index in [4.69, 9.17) is 87.7 Å². The maximum atomic E-state index is 11.7. The van der Waals surface area contributed by atoms with Gasteiger partial charge in [0.05, 0.1) is 6.61 Å². The summed E-state index contributed by atoms with van der Waals surface area (Å²) < 4.78 is 144. The van der Waals surface area contributed by atoms with Crippen molar-refractivity contribution in [3.8, 4) is 5.75 Å². The first-order valence-corrected chi connectivity index (χ1v) is 50.0. The van der Waals surface area contributed by atoms with Crippen molar-refractivity contribution in [2.24, 2.45) is 0 Å². The van der Waals surface area contributed by atoms with Crippen LogP contribution in [0.15, 0.2) is 18.3 Å². The third kappa shape index (κ3) is 16.9. The minimum Gasteiger partial charge on any atom is -0.491 e. The number of rotatable bonds is 26. The number of unbranched alkanes of at least 4 members (excludes halogenated alkanes) is 2. The van der Waals surface area contributed by atoms with Crippen LogP contribution in [0.2, 0.25) is 84.6 Å². The molecule has 0 saturated carbocycles. The number of aromatic nitrogens is 1. The molecule has 4 saturated heterocycles. The number of carboxylic acids is 1. The van der Waals surface area contributed by atoms with Crippen molar-refractivity contribution in [3.05, 3.63) is 24.0 Å². The predicted octanol–water partition coefficient (Wildman–Crippen LogP) is 4.11. The predicted molar refractivity (Wildman–Crippen MR) is 264 cm³/mol. The Kier molecular flexibility index (Phi) is 21.7. The van der Waals surface area contributed by atoms with E-state index in [1.165, 1.54) is 6.20 Å². The second kappa shape index (κ2) is 24.7. The van der Waals surface area contributed by atoms with Gasteiger partial charge in [0.1, 0.15) is 0 Å². The van der Waals surface area contributed by atoms with Gasteiger partial charge in [-0.3, -0.25) is 0 Å². The SMILES string of the molecule is CC(C)O[Si]O[Si]1(O[Si](C)C)O[Si]2(O[Si](C)C)O[Si]3(OC(C)C)O[Si]O[Si]4(O[Si](C)C)O[Si](O[Si](C)C)(O3)O[Si](O[Si](C)(C)CCCCCOc3cccnc3C(=O)O)(O2)O[Si](O[Si](C)C)(O1)O4. The summed E-state index contributed by atoms with van der Waals surface area (Å²) in [5.74, 6) is -0.979. The van der Waals surface area contributed by atoms with Crippen molar-refractivity contribution in [2.75, 3.05) is 6.61 Å². The molecule has 0 aromatic carbocycles. The molecular weight excluding hydrogens is 1150 g/mol. The fourth-order valence-electron chi connectivity index (χ4n) is 6.16. The fraction of sp³-hybridized carbons (Fsp3) is 0.793. The standard InChI is InChI=1S/C29H64NO23Si15/c1-25(2)34-54-36-63(39-56(5)6)47-65(41-58(9)10)45-62(35-26(3)4)37-55-38-64(40-57(7)8)49-66(46-62,42-59(11)12)52-68(51-65,53-67(48-63,50-64)43-60(13)14)44-61(15,16)24-19-17-18-23-33-27-21-20-22-30-28(27)29(31)32/h20-22,25-26H,17-19,23-24H2,1-16H3,(H,31,32). The highest BCUT2D eigenvalue weighted by molar-refractivity contribution is 6.98. The van der Waals surface area contributed by atoms with Crippen molar-refractivity contribution in [2.45, 2.75) is 144 Å². The van der Waals surface area contributed by atoms with Crippen LogP contribution in [-0.2, 0) is 82.9 Å². The Morgan fingerprint density at radius 1 is 0.676 bits per heavy atom. The van der Waals surface area contributed by atoms with Crippen LogP contribution in [0, 0.1) is 0 Å². The summed E-state index contributed by atoms with van der Waals surface area (Å²) in [5.41, 5.74) is -0.154. The van der Waals surface area contributed by atoms with E-state index in [-0.39, 0.29) is 24.2 Å². The highest BCUT2D eigenvalue weighted by atomic mass is 28.7. The molecule has 1 N–H and O–H groups in total. The van der Waals surface area contributed by atoms with Crippen LogP contribution in [0.25, 0.3) is 0 Å². The monoisotopic (exact) mass is 1210 g/mol. The van der Waals surface area contributed by atoms with Gasteiger partial charge in [0.2, 0.25) is 0 Å². The number of hydrogen-bond acceptors (Lipinski definition) is 23. The summed E-state index contributed by atoms with van der Waals surface area (Å²) in [4.78, 5) is 15.6. The quantitative estimate of drug-likeness (QED) is 0.101. The van der Waals surface area contributed by atoms with Crippen molar-refractivity contribution < 1.29 is 97.6 Å². The summed E-state index contributed by atoms with van der Waals surface area (Å²) in [5, 5.41) is 9.56. The van der Waals surface area contributed by atoms with Gasteiger partial charge in [-0.05, 0) is 131 Å². The molecule has 0 aliphatic carbocycles. The molecule has 5 rings (SSSR count). The second-order valence-electron chi connectivity index (χ2n) is 17.5. The van der Waals surface area contributed by atoms with Crippen molar-refractivity contribution in [3.63, 3.8) is 0 Å². The Balaban J connectivity index is 1.72. The molecule has 24 nitrogen and oxygen atoms in total. The first-order valence-electron chi connectivity index (χ1n) is 21.7. The van der Waals surface area contributed by atoms with Gasteiger partial charge in [-0.1, -0.05) is 12.8 Å². The average molecular weight is 1220 g/mol. The molecular formula is C29H64NO23Si15. The molecule has 6 bridgehead atoms. The average Bonchev–Trinajstić information content (AvgIpc) is 3.11. The number of carboxylic acid groups (broad SMARTS) is 1. The van der Waals surface area contributed by atoms with Crippen LogP contribution < -0.4 is 4.74 Å². The van der Waals surface area contributed by atoms with Crippen LogP contribution in [-0.4, -0.2) is 172 Å². The minimum absolute atomic E-state index is 0.154. The Labute approximate surface area is 422 Å². The molecule has 7 atom stereocenters. The van der Waals surface area contributed by atoms with Crippen LogP contribution in [0.5, 0.6) is 5.75 Å². The molecule has 68 heavy (non-hydrogen) atoms. The van der Waals surface area contributed by atoms with E-state index in [1.807, 2.05) is 92.4 Å². The van der Waals surface area contributed by atoms with E-state index in [2.05, 4.69) is 4.98 Å². The van der Waals surface area contributed by atoms with Crippen LogP contribution in [0.4, 0.5) is 0 Å². The van der Waals surface area contributed by atoms with Crippen LogP contribution in [0.1, 0.15) is 57.4 Å². The maximum absolute atomic E-state index is 11.7. The summed E-state index contributed by atoms with van der Waals surface area (Å²) in [6, 6.07) is 3.73. The van der Waals surface area contributed by atoms with E-state index in [1.54, 1.807) is 26.0 Å². The molecule has 4 aliphatic rings. The first-order chi connectivity index (χ1) is 31.6. The lowest BCUT2D eigenvalue weighted by molar-refractivity contribution is -0.103. The van der Waals surface area contributed by atoms with Gasteiger partial charge < -0.3 is 92.8 Å². The summed E-state index contributed by atoms with van der Waals surface area (Å²) in [6.45, 7) is 30.1. The van der Waals surface area contributed by atoms with Crippen LogP contribution >= 0.6 is 0 Å². The van der Waals surface area contributed by atoms with Gasteiger partial charge >= 0.3 is 89.3 Å². The Morgan fingerprint density at radius 2 is 1.16 bits per heavy atom. The van der Waals surface area contributed by atoms with Gasteiger partial charge in [0, 0.05) is 18.4 Å². The van der Waals surface area contributed by atoms with Gasteiger partial charge in [0.25, 0.3) is 0 Å². The molecule has 9 radical (unpaired) electrons. The molecule has 4 aliphatic heterocycles. The smallest absolute Gasteiger partial charge is 0.491 e. The zero-order valence-electron chi connectivity index (χ0n) is 41.3. The minimum atomic E-state index is -5.12. The molecule has 383 valence electrons. The Hall–Kier alpha value is 0.873. The van der Waals surface area contributed by atoms with Crippen LogP contribution in [0.3, 0.4) is 0 Å². The first kappa shape index (κ1) is 59.7. The lowest BCUT2D eigenvalue weighted by Crippen LogP contribution is -2.87. The largest absolute Gasteiger partial charge is 0.659 e. The second-order valence-corrected chi connectivity index (χ2v) is 53.1. The molecule has 39 heteroatoms. The van der Waals surface area contributed by atoms with Crippen molar-refractivity contribution in [1.29, 1.82) is 0 Å². The van der Waals surface area contributed by atoms with Gasteiger partial charge in [-0.2, -0.15) is 0 Å². The summed E-state index contributed by atoms with van der Waals surface area (Å²) in [7, 11) is -48.6. The van der Waals surface area contributed by atoms with Gasteiger partial charge in [-0.25, -0.2) is 9.78 Å². The summed E-state index contributed by atoms with van der Waals surface area (Å²) in [6.07, 6.45) is 2.46. The van der Waals surface area contributed by atoms with E-state index < -0.39 is 149 Å². The number of pyridine rings is 1. The topological polar surface area (TPSA) is 244 Å². The van der Waals surface area contributed by atoms with Crippen molar-refractivity contribution >= 4 is 143 Å². The lowest BCUT2D eigenvalue weighted by atomic mass is 10.2. The number of hydrogen-bond donors (Lipinski definition) is 1. The molecule has 1 aromatic rings. The molecule has 4 fully saturated rings. The number of aromatic carboxylic acids is 1. The van der Waals surface area contributed by atoms with E-state index in [0.717, 1.165) is 0 Å². The normalized spacial score (nSPS) is 32.3. The van der Waals surface area contributed by atoms with E-state index in [9.17, 15) is 9.90 Å². The highest BCUT2D eigenvalue weighted by Crippen LogP contribution is 2.47. The number of carbonyl (C=O) groups is 1.